The summed E-state index contributed by atoms with van der Waals surface area (Å²) < 4.78 is 25.6. The summed E-state index contributed by atoms with van der Waals surface area (Å²) in [5.74, 6) is -0.973. The number of carboxylic acids is 1. The number of benzene rings is 1. The van der Waals surface area contributed by atoms with Gasteiger partial charge in [0.25, 0.3) is 0 Å². The zero-order chi connectivity index (χ0) is 15.3. The highest BCUT2D eigenvalue weighted by Gasteiger charge is 2.24. The third-order valence-electron chi connectivity index (χ3n) is 2.89. The van der Waals surface area contributed by atoms with Crippen LogP contribution in [0.5, 0.6) is 0 Å². The summed E-state index contributed by atoms with van der Waals surface area (Å²) in [5.41, 5.74) is 1.38. The van der Waals surface area contributed by atoms with Crippen molar-refractivity contribution in [3.63, 3.8) is 0 Å². The van der Waals surface area contributed by atoms with Gasteiger partial charge in [-0.05, 0) is 31.4 Å². The van der Waals surface area contributed by atoms with Gasteiger partial charge in [-0.2, -0.15) is 0 Å². The second-order valence-electron chi connectivity index (χ2n) is 5.23. The molecule has 0 aromatic heterocycles. The number of rotatable bonds is 7. The third kappa shape index (κ3) is 4.85. The topological polar surface area (TPSA) is 74.7 Å². The molecular weight excluding hydrogens is 278 g/mol. The quantitative estimate of drug-likeness (QED) is 0.838. The number of carboxylic acid groups (broad SMARTS) is 1. The van der Waals surface area contributed by atoms with Gasteiger partial charge in [0.05, 0.1) is 11.4 Å². The predicted molar refractivity (Wildman–Crippen MR) is 79.4 cm³/mol. The number of hydrogen-bond acceptors (Lipinski definition) is 3. The predicted octanol–water partition coefficient (Wildman–Crippen LogP) is 2.26. The Labute approximate surface area is 120 Å². The Morgan fingerprint density at radius 2 is 1.80 bits per heavy atom. The van der Waals surface area contributed by atoms with Crippen molar-refractivity contribution in [3.8, 4) is 0 Å². The van der Waals surface area contributed by atoms with Gasteiger partial charge in [-0.15, -0.1) is 0 Å². The Morgan fingerprint density at radius 3 is 2.25 bits per heavy atom. The van der Waals surface area contributed by atoms with E-state index in [1.165, 1.54) is 0 Å². The molecule has 0 atom stereocenters. The van der Waals surface area contributed by atoms with Crippen molar-refractivity contribution in [2.75, 3.05) is 16.6 Å². The van der Waals surface area contributed by atoms with Crippen LogP contribution in [0, 0.1) is 12.8 Å². The minimum atomic E-state index is -3.63. The summed E-state index contributed by atoms with van der Waals surface area (Å²) in [4.78, 5) is 10.9. The van der Waals surface area contributed by atoms with Gasteiger partial charge in [0.2, 0.25) is 10.0 Å². The van der Waals surface area contributed by atoms with Crippen molar-refractivity contribution in [1.29, 1.82) is 0 Å². The molecule has 0 spiro atoms. The fraction of sp³-hybridized carbons (Fsp3) is 0.500. The van der Waals surface area contributed by atoms with E-state index in [-0.39, 0.29) is 11.7 Å². The van der Waals surface area contributed by atoms with E-state index >= 15 is 0 Å². The Balaban J connectivity index is 3.05. The lowest BCUT2D eigenvalue weighted by molar-refractivity contribution is -0.135. The summed E-state index contributed by atoms with van der Waals surface area (Å²) in [5, 5.41) is 8.93. The zero-order valence-corrected chi connectivity index (χ0v) is 12.9. The van der Waals surface area contributed by atoms with Crippen LogP contribution in [0.2, 0.25) is 0 Å². The number of aryl methyl sites for hydroxylation is 1. The van der Waals surface area contributed by atoms with Gasteiger partial charge < -0.3 is 5.11 Å². The van der Waals surface area contributed by atoms with Gasteiger partial charge in [0.1, 0.15) is 6.54 Å². The highest BCUT2D eigenvalue weighted by Crippen LogP contribution is 2.20. The fourth-order valence-corrected chi connectivity index (χ4v) is 3.42. The Hall–Kier alpha value is -1.56. The standard InChI is InChI=1S/C14H21NO4S/c1-11(2)8-9-20(18,19)15(10-14(16)17)13-6-4-12(3)5-7-13/h4-7,11H,8-10H2,1-3H3,(H,16,17). The largest absolute Gasteiger partial charge is 0.480 e. The van der Waals surface area contributed by atoms with Crippen LogP contribution in [0.4, 0.5) is 5.69 Å². The van der Waals surface area contributed by atoms with Gasteiger partial charge in [0.15, 0.2) is 0 Å². The van der Waals surface area contributed by atoms with Crippen molar-refractivity contribution in [1.82, 2.24) is 0 Å². The molecule has 1 aromatic carbocycles. The fourth-order valence-electron chi connectivity index (χ4n) is 1.68. The van der Waals surface area contributed by atoms with Gasteiger partial charge in [-0.1, -0.05) is 31.5 Å². The number of sulfonamides is 1. The van der Waals surface area contributed by atoms with E-state index in [4.69, 9.17) is 5.11 Å². The highest BCUT2D eigenvalue weighted by atomic mass is 32.2. The van der Waals surface area contributed by atoms with Crippen molar-refractivity contribution < 1.29 is 18.3 Å². The maximum Gasteiger partial charge on any atom is 0.324 e. The summed E-state index contributed by atoms with van der Waals surface area (Å²) in [6.07, 6.45) is 0.504. The van der Waals surface area contributed by atoms with E-state index in [1.807, 2.05) is 20.8 Å². The minimum absolute atomic E-state index is 0.0498. The molecule has 0 aliphatic heterocycles. The van der Waals surface area contributed by atoms with E-state index in [9.17, 15) is 13.2 Å². The zero-order valence-electron chi connectivity index (χ0n) is 12.0. The molecule has 1 aromatic rings. The first-order valence-electron chi connectivity index (χ1n) is 6.51. The van der Waals surface area contributed by atoms with Crippen molar-refractivity contribution >= 4 is 21.7 Å². The van der Waals surface area contributed by atoms with E-state index in [0.29, 0.717) is 12.1 Å². The van der Waals surface area contributed by atoms with Crippen LogP contribution < -0.4 is 4.31 Å². The van der Waals surface area contributed by atoms with Crippen LogP contribution in [0.15, 0.2) is 24.3 Å². The van der Waals surface area contributed by atoms with Gasteiger partial charge in [-0.25, -0.2) is 8.42 Å². The van der Waals surface area contributed by atoms with Crippen LogP contribution in [0.25, 0.3) is 0 Å². The van der Waals surface area contributed by atoms with Crippen LogP contribution in [0.1, 0.15) is 25.8 Å². The number of carbonyl (C=O) groups is 1. The molecular formula is C14H21NO4S. The molecule has 0 aliphatic rings. The molecule has 0 amide bonds. The molecule has 0 saturated heterocycles. The molecule has 112 valence electrons. The van der Waals surface area contributed by atoms with E-state index in [1.54, 1.807) is 24.3 Å². The molecule has 6 heteroatoms. The maximum atomic E-state index is 12.3. The van der Waals surface area contributed by atoms with Gasteiger partial charge >= 0.3 is 5.97 Å². The monoisotopic (exact) mass is 299 g/mol. The normalized spacial score (nSPS) is 11.6. The molecule has 1 rings (SSSR count). The van der Waals surface area contributed by atoms with E-state index in [2.05, 4.69) is 0 Å². The van der Waals surface area contributed by atoms with Crippen molar-refractivity contribution in [2.24, 2.45) is 5.92 Å². The Kier molecular flexibility index (Phi) is 5.56. The second kappa shape index (κ2) is 6.74. The first-order valence-corrected chi connectivity index (χ1v) is 8.12. The van der Waals surface area contributed by atoms with Gasteiger partial charge in [0, 0.05) is 0 Å². The lowest BCUT2D eigenvalue weighted by Gasteiger charge is -2.23. The molecule has 0 bridgehead atoms. The number of nitrogens with zero attached hydrogens (tertiary/aromatic N) is 1. The molecule has 0 fully saturated rings. The molecule has 0 saturated carbocycles. The van der Waals surface area contributed by atoms with Crippen molar-refractivity contribution in [3.05, 3.63) is 29.8 Å². The maximum absolute atomic E-state index is 12.3. The van der Waals surface area contributed by atoms with Crippen LogP contribution in [-0.4, -0.2) is 31.8 Å². The van der Waals surface area contributed by atoms with E-state index < -0.39 is 22.5 Å². The smallest absolute Gasteiger partial charge is 0.324 e. The van der Waals surface area contributed by atoms with Crippen LogP contribution in [0.3, 0.4) is 0 Å². The minimum Gasteiger partial charge on any atom is -0.480 e. The van der Waals surface area contributed by atoms with Crippen LogP contribution in [-0.2, 0) is 14.8 Å². The number of hydrogen-bond donors (Lipinski definition) is 1. The number of anilines is 1. The molecule has 20 heavy (non-hydrogen) atoms. The summed E-state index contributed by atoms with van der Waals surface area (Å²) in [6.45, 7) is 5.20. The average molecular weight is 299 g/mol. The van der Waals surface area contributed by atoms with Crippen molar-refractivity contribution in [2.45, 2.75) is 27.2 Å². The molecule has 1 N–H and O–H groups in total. The summed E-state index contributed by atoms with van der Waals surface area (Å²) in [6, 6.07) is 6.79. The average Bonchev–Trinajstić information content (AvgIpc) is 2.35. The molecule has 5 nitrogen and oxygen atoms in total. The third-order valence-corrected chi connectivity index (χ3v) is 4.65. The SMILES string of the molecule is Cc1ccc(N(CC(=O)O)S(=O)(=O)CCC(C)C)cc1. The second-order valence-corrected chi connectivity index (χ2v) is 7.25. The molecule has 0 radical (unpaired) electrons. The van der Waals surface area contributed by atoms with Crippen LogP contribution >= 0.6 is 0 Å². The van der Waals surface area contributed by atoms with E-state index in [0.717, 1.165) is 9.87 Å². The Morgan fingerprint density at radius 1 is 1.25 bits per heavy atom. The highest BCUT2D eigenvalue weighted by molar-refractivity contribution is 7.92. The lowest BCUT2D eigenvalue weighted by Crippen LogP contribution is -2.37. The summed E-state index contributed by atoms with van der Waals surface area (Å²) >= 11 is 0. The summed E-state index contributed by atoms with van der Waals surface area (Å²) in [7, 11) is -3.63. The molecule has 0 heterocycles. The molecule has 0 unspecified atom stereocenters. The molecule has 0 aliphatic carbocycles. The first kappa shape index (κ1) is 16.5. The first-order chi connectivity index (χ1) is 9.22. The lowest BCUT2D eigenvalue weighted by atomic mass is 10.2. The van der Waals surface area contributed by atoms with Gasteiger partial charge in [-0.3, -0.25) is 9.10 Å². The number of aliphatic carboxylic acids is 1. The Bertz CT molecular complexity index is 549.